The van der Waals surface area contributed by atoms with E-state index < -0.39 is 12.0 Å². The van der Waals surface area contributed by atoms with Crippen LogP contribution in [0.25, 0.3) is 10.9 Å². The molecule has 0 spiro atoms. The van der Waals surface area contributed by atoms with E-state index in [1.54, 1.807) is 31.2 Å². The van der Waals surface area contributed by atoms with Crippen molar-refractivity contribution in [3.8, 4) is 0 Å². The zero-order chi connectivity index (χ0) is 17.8. The zero-order valence-electron chi connectivity index (χ0n) is 13.8. The monoisotopic (exact) mass is 337 g/mol. The van der Waals surface area contributed by atoms with Crippen molar-refractivity contribution in [2.75, 3.05) is 0 Å². The molecule has 2 unspecified atom stereocenters. The summed E-state index contributed by atoms with van der Waals surface area (Å²) in [5.41, 5.74) is 0.905. The number of aromatic nitrogens is 2. The van der Waals surface area contributed by atoms with Crippen molar-refractivity contribution < 1.29 is 9.90 Å². The quantitative estimate of drug-likeness (QED) is 0.665. The molecule has 0 fully saturated rings. The summed E-state index contributed by atoms with van der Waals surface area (Å²) in [5.74, 6) is -0.514. The summed E-state index contributed by atoms with van der Waals surface area (Å²) in [5, 5.41) is 13.4. The highest BCUT2D eigenvalue weighted by molar-refractivity contribution is 5.92. The molecule has 0 bridgehead atoms. The number of aliphatic hydroxyl groups excluding tert-OH is 1. The van der Waals surface area contributed by atoms with Crippen LogP contribution < -0.4 is 10.9 Å². The molecule has 0 aliphatic rings. The van der Waals surface area contributed by atoms with Gasteiger partial charge in [-0.3, -0.25) is 9.59 Å². The van der Waals surface area contributed by atoms with Gasteiger partial charge in [-0.15, -0.1) is 0 Å². The van der Waals surface area contributed by atoms with Crippen molar-refractivity contribution in [3.05, 3.63) is 76.3 Å². The van der Waals surface area contributed by atoms with Crippen molar-refractivity contribution in [2.24, 2.45) is 0 Å². The summed E-state index contributed by atoms with van der Waals surface area (Å²) in [7, 11) is 0. The highest BCUT2D eigenvalue weighted by Crippen LogP contribution is 2.17. The van der Waals surface area contributed by atoms with E-state index >= 15 is 0 Å². The number of amides is 1. The van der Waals surface area contributed by atoms with Gasteiger partial charge >= 0.3 is 0 Å². The lowest BCUT2D eigenvalue weighted by molar-refractivity contribution is 0.0906. The van der Waals surface area contributed by atoms with Crippen LogP contribution in [0.3, 0.4) is 0 Å². The molecule has 128 valence electrons. The van der Waals surface area contributed by atoms with E-state index in [2.05, 4.69) is 15.3 Å². The summed E-state index contributed by atoms with van der Waals surface area (Å²) in [6.45, 7) is 1.79. The topological polar surface area (TPSA) is 95.1 Å². The van der Waals surface area contributed by atoms with Crippen LogP contribution in [-0.2, 0) is 0 Å². The Kier molecular flexibility index (Phi) is 4.90. The number of hydrogen-bond donors (Lipinski definition) is 3. The Morgan fingerprint density at radius 1 is 1.16 bits per heavy atom. The van der Waals surface area contributed by atoms with Crippen LogP contribution in [0, 0.1) is 0 Å². The van der Waals surface area contributed by atoms with Gasteiger partial charge in [0.05, 0.1) is 17.0 Å². The maximum absolute atomic E-state index is 12.3. The Balaban J connectivity index is 1.70. The molecule has 3 rings (SSSR count). The van der Waals surface area contributed by atoms with Gasteiger partial charge in [0.15, 0.2) is 5.82 Å². The predicted octanol–water partition coefficient (Wildman–Crippen LogP) is 2.17. The van der Waals surface area contributed by atoms with Gasteiger partial charge in [-0.05, 0) is 31.0 Å². The number of para-hydroxylation sites is 1. The second-order valence-electron chi connectivity index (χ2n) is 5.97. The molecule has 2 aromatic carbocycles. The normalized spacial score (nSPS) is 13.4. The average molecular weight is 337 g/mol. The van der Waals surface area contributed by atoms with Crippen molar-refractivity contribution in [1.82, 2.24) is 15.3 Å². The van der Waals surface area contributed by atoms with Gasteiger partial charge in [-0.1, -0.05) is 42.5 Å². The molecule has 6 heteroatoms. The van der Waals surface area contributed by atoms with E-state index in [1.807, 2.05) is 30.3 Å². The van der Waals surface area contributed by atoms with Gasteiger partial charge in [-0.2, -0.15) is 0 Å². The van der Waals surface area contributed by atoms with E-state index in [-0.39, 0.29) is 17.4 Å². The number of aliphatic hydroxyl groups is 1. The number of rotatable bonds is 5. The first kappa shape index (κ1) is 16.9. The first-order valence-corrected chi connectivity index (χ1v) is 8.07. The number of hydrogen-bond acceptors (Lipinski definition) is 4. The van der Waals surface area contributed by atoms with Gasteiger partial charge in [-0.25, -0.2) is 4.98 Å². The van der Waals surface area contributed by atoms with E-state index in [1.165, 1.54) is 0 Å². The molecule has 1 aromatic heterocycles. The second-order valence-corrected chi connectivity index (χ2v) is 5.97. The van der Waals surface area contributed by atoms with E-state index in [0.717, 1.165) is 5.56 Å². The highest BCUT2D eigenvalue weighted by atomic mass is 16.3. The average Bonchev–Trinajstić information content (AvgIpc) is 2.62. The Morgan fingerprint density at radius 3 is 2.60 bits per heavy atom. The van der Waals surface area contributed by atoms with E-state index in [4.69, 9.17) is 0 Å². The highest BCUT2D eigenvalue weighted by Gasteiger charge is 2.17. The summed E-state index contributed by atoms with van der Waals surface area (Å²) >= 11 is 0. The second kappa shape index (κ2) is 7.27. The lowest BCUT2D eigenvalue weighted by Gasteiger charge is -2.18. The minimum atomic E-state index is -0.680. The van der Waals surface area contributed by atoms with E-state index in [0.29, 0.717) is 17.3 Å². The molecule has 0 radical (unpaired) electrons. The van der Waals surface area contributed by atoms with Crippen LogP contribution in [0.15, 0.2) is 59.4 Å². The molecular weight excluding hydrogens is 318 g/mol. The minimum absolute atomic E-state index is 0.0373. The third-order valence-electron chi connectivity index (χ3n) is 3.97. The van der Waals surface area contributed by atoms with Crippen LogP contribution in [0.4, 0.5) is 0 Å². The van der Waals surface area contributed by atoms with Crippen molar-refractivity contribution in [2.45, 2.75) is 25.5 Å². The Bertz CT molecular complexity index is 937. The molecule has 6 nitrogen and oxygen atoms in total. The fourth-order valence-electron chi connectivity index (χ4n) is 2.69. The first-order chi connectivity index (χ1) is 12.0. The summed E-state index contributed by atoms with van der Waals surface area (Å²) < 4.78 is 0. The van der Waals surface area contributed by atoms with Crippen LogP contribution in [0.1, 0.15) is 35.6 Å². The molecule has 25 heavy (non-hydrogen) atoms. The summed E-state index contributed by atoms with van der Waals surface area (Å²) in [4.78, 5) is 31.1. The maximum Gasteiger partial charge on any atom is 0.287 e. The summed E-state index contributed by atoms with van der Waals surface area (Å²) in [6.07, 6.45) is -0.326. The fraction of sp³-hybridized carbons (Fsp3) is 0.211. The smallest absolute Gasteiger partial charge is 0.287 e. The molecule has 1 amide bonds. The van der Waals surface area contributed by atoms with Crippen molar-refractivity contribution in [3.63, 3.8) is 0 Å². The van der Waals surface area contributed by atoms with Gasteiger partial charge < -0.3 is 15.4 Å². The number of carbonyl (C=O) groups excluding carboxylic acids is 1. The fourth-order valence-corrected chi connectivity index (χ4v) is 2.69. The molecule has 0 aliphatic carbocycles. The largest absolute Gasteiger partial charge is 0.388 e. The molecule has 2 atom stereocenters. The first-order valence-electron chi connectivity index (χ1n) is 8.07. The predicted molar refractivity (Wildman–Crippen MR) is 95.3 cm³/mol. The molecule has 3 aromatic rings. The zero-order valence-corrected chi connectivity index (χ0v) is 13.8. The Morgan fingerprint density at radius 2 is 1.84 bits per heavy atom. The Labute approximate surface area is 144 Å². The van der Waals surface area contributed by atoms with Crippen LogP contribution in [0.2, 0.25) is 0 Å². The Hall–Kier alpha value is -2.99. The standard InChI is InChI=1S/C19H19N3O3/c1-12(11-16(23)13-7-3-2-4-8-13)20-19(25)17-21-15-10-6-5-9-14(15)18(24)22-17/h2-10,12,16,23H,11H2,1H3,(H,20,25)(H,21,22,24). The third-order valence-corrected chi connectivity index (χ3v) is 3.97. The van der Waals surface area contributed by atoms with Crippen LogP contribution >= 0.6 is 0 Å². The maximum atomic E-state index is 12.3. The minimum Gasteiger partial charge on any atom is -0.388 e. The van der Waals surface area contributed by atoms with Crippen molar-refractivity contribution in [1.29, 1.82) is 0 Å². The van der Waals surface area contributed by atoms with Crippen LogP contribution in [-0.4, -0.2) is 27.0 Å². The molecule has 1 heterocycles. The van der Waals surface area contributed by atoms with Crippen LogP contribution in [0.5, 0.6) is 0 Å². The number of fused-ring (bicyclic) bond motifs is 1. The number of H-pyrrole nitrogens is 1. The molecular formula is C19H19N3O3. The van der Waals surface area contributed by atoms with Crippen molar-refractivity contribution >= 4 is 16.8 Å². The number of nitrogens with zero attached hydrogens (tertiary/aromatic N) is 1. The van der Waals surface area contributed by atoms with E-state index in [9.17, 15) is 14.7 Å². The number of aromatic amines is 1. The molecule has 3 N–H and O–H groups in total. The number of carbonyl (C=O) groups is 1. The number of benzene rings is 2. The number of nitrogens with one attached hydrogen (secondary N) is 2. The molecule has 0 saturated carbocycles. The molecule has 0 saturated heterocycles. The lowest BCUT2D eigenvalue weighted by Crippen LogP contribution is -2.35. The third kappa shape index (κ3) is 3.92. The van der Waals surface area contributed by atoms with Gasteiger partial charge in [0.2, 0.25) is 0 Å². The van der Waals surface area contributed by atoms with Gasteiger partial charge in [0.25, 0.3) is 11.5 Å². The lowest BCUT2D eigenvalue weighted by atomic mass is 10.0. The SMILES string of the molecule is CC(CC(O)c1ccccc1)NC(=O)c1nc2ccccc2c(=O)[nH]1. The van der Waals surface area contributed by atoms with Gasteiger partial charge in [0, 0.05) is 6.04 Å². The molecule has 0 aliphatic heterocycles. The van der Waals surface area contributed by atoms with Gasteiger partial charge in [0.1, 0.15) is 0 Å². The summed E-state index contributed by atoms with van der Waals surface area (Å²) in [6, 6.07) is 15.8.